The van der Waals surface area contributed by atoms with Gasteiger partial charge in [0.15, 0.2) is 0 Å². The topological polar surface area (TPSA) is 56.6 Å². The molecule has 1 fully saturated rings. The van der Waals surface area contributed by atoms with Gasteiger partial charge in [0.25, 0.3) is 0 Å². The maximum atomic E-state index is 13.0. The first-order chi connectivity index (χ1) is 14.1. The minimum atomic E-state index is -0.172. The van der Waals surface area contributed by atoms with E-state index in [0.717, 1.165) is 22.0 Å². The number of ether oxygens (including phenoxy) is 1. The molecule has 1 unspecified atom stereocenters. The molecule has 2 aromatic carbocycles. The number of hydrogen-bond donors (Lipinski definition) is 0. The van der Waals surface area contributed by atoms with Crippen LogP contribution < -0.4 is 9.64 Å². The zero-order valence-electron chi connectivity index (χ0n) is 16.6. The molecule has 5 nitrogen and oxygen atoms in total. The largest absolute Gasteiger partial charge is 0.492 e. The Balaban J connectivity index is 1.65. The van der Waals surface area contributed by atoms with Crippen molar-refractivity contribution >= 4 is 23.4 Å². The number of para-hydroxylation sites is 2. The first-order valence-electron chi connectivity index (χ1n) is 9.73. The van der Waals surface area contributed by atoms with Gasteiger partial charge in [-0.1, -0.05) is 53.7 Å². The molecule has 0 N–H and O–H groups in total. The highest BCUT2D eigenvalue weighted by atomic mass is 32.2. The van der Waals surface area contributed by atoms with Crippen molar-refractivity contribution < 1.29 is 9.53 Å². The molecule has 6 heteroatoms. The van der Waals surface area contributed by atoms with Gasteiger partial charge in [-0.3, -0.25) is 9.69 Å². The van der Waals surface area contributed by atoms with Crippen LogP contribution in [0.3, 0.4) is 0 Å². The Morgan fingerprint density at radius 1 is 1.21 bits per heavy atom. The molecular weight excluding hydrogens is 382 g/mol. The van der Waals surface area contributed by atoms with Gasteiger partial charge >= 0.3 is 0 Å². The Hall–Kier alpha value is -2.91. The molecule has 29 heavy (non-hydrogen) atoms. The van der Waals surface area contributed by atoms with E-state index in [2.05, 4.69) is 11.0 Å². The van der Waals surface area contributed by atoms with Gasteiger partial charge in [0, 0.05) is 12.3 Å². The molecule has 1 atom stereocenters. The summed E-state index contributed by atoms with van der Waals surface area (Å²) in [5, 5.41) is 10.7. The fourth-order valence-corrected chi connectivity index (χ4v) is 4.95. The predicted molar refractivity (Wildman–Crippen MR) is 115 cm³/mol. The Labute approximate surface area is 175 Å². The molecule has 2 aliphatic rings. The molecule has 0 radical (unpaired) electrons. The molecule has 0 aromatic heterocycles. The smallest absolute Gasteiger partial charge is 0.229 e. The standard InChI is InChI=1S/C23H23N3O2S/c1-3-28-21-7-5-4-6-20(21)25-14-26-22(27)12-18(17-10-8-16(2)9-11-17)19(13-24)23(26)29-15-25/h4-11,18H,3,12,14-15H2,1-2H3. The highest BCUT2D eigenvalue weighted by Gasteiger charge is 2.38. The Bertz CT molecular complexity index is 994. The zero-order valence-corrected chi connectivity index (χ0v) is 17.4. The van der Waals surface area contributed by atoms with Crippen LogP contribution in [0.25, 0.3) is 0 Å². The van der Waals surface area contributed by atoms with Crippen LogP contribution in [0.4, 0.5) is 5.69 Å². The molecule has 0 spiro atoms. The van der Waals surface area contributed by atoms with Crippen LogP contribution >= 0.6 is 11.8 Å². The predicted octanol–water partition coefficient (Wildman–Crippen LogP) is 4.61. The third-order valence-corrected chi connectivity index (χ3v) is 6.43. The number of hydrogen-bond acceptors (Lipinski definition) is 5. The van der Waals surface area contributed by atoms with Gasteiger partial charge in [-0.05, 0) is 31.5 Å². The van der Waals surface area contributed by atoms with Crippen molar-refractivity contribution in [1.29, 1.82) is 5.26 Å². The normalized spacial score (nSPS) is 19.1. The molecule has 148 valence electrons. The van der Waals surface area contributed by atoms with E-state index in [0.29, 0.717) is 31.1 Å². The van der Waals surface area contributed by atoms with Gasteiger partial charge in [-0.15, -0.1) is 0 Å². The van der Waals surface area contributed by atoms with Gasteiger partial charge in [0.05, 0.1) is 41.5 Å². The van der Waals surface area contributed by atoms with E-state index >= 15 is 0 Å². The molecule has 4 rings (SSSR count). The lowest BCUT2D eigenvalue weighted by molar-refractivity contribution is -0.129. The van der Waals surface area contributed by atoms with Crippen LogP contribution in [0.15, 0.2) is 59.1 Å². The summed E-state index contributed by atoms with van der Waals surface area (Å²) < 4.78 is 5.76. The molecule has 2 aliphatic heterocycles. The van der Waals surface area contributed by atoms with Crippen molar-refractivity contribution in [3.63, 3.8) is 0 Å². The molecular formula is C23H23N3O2S. The number of amides is 1. The third kappa shape index (κ3) is 3.70. The van der Waals surface area contributed by atoms with Crippen LogP contribution in [-0.2, 0) is 4.79 Å². The number of carbonyl (C=O) groups is 1. The lowest BCUT2D eigenvalue weighted by Crippen LogP contribution is -2.47. The van der Waals surface area contributed by atoms with Gasteiger partial charge in [0.2, 0.25) is 5.91 Å². The average molecular weight is 406 g/mol. The van der Waals surface area contributed by atoms with Crippen molar-refractivity contribution in [3.8, 4) is 11.8 Å². The highest BCUT2D eigenvalue weighted by molar-refractivity contribution is 8.03. The number of rotatable bonds is 4. The first-order valence-corrected chi connectivity index (χ1v) is 10.7. The van der Waals surface area contributed by atoms with Crippen molar-refractivity contribution in [2.45, 2.75) is 26.2 Å². The average Bonchev–Trinajstić information content (AvgIpc) is 2.75. The molecule has 0 bridgehead atoms. The molecule has 1 amide bonds. The second-order valence-corrected chi connectivity index (χ2v) is 8.11. The number of benzene rings is 2. The number of fused-ring (bicyclic) bond motifs is 1. The Morgan fingerprint density at radius 3 is 2.69 bits per heavy atom. The monoisotopic (exact) mass is 405 g/mol. The van der Waals surface area contributed by atoms with E-state index < -0.39 is 0 Å². The van der Waals surface area contributed by atoms with Crippen LogP contribution in [0.2, 0.25) is 0 Å². The molecule has 0 saturated carbocycles. The van der Waals surface area contributed by atoms with Crippen molar-refractivity contribution in [3.05, 3.63) is 70.3 Å². The SMILES string of the molecule is CCOc1ccccc1N1CSC2=C(C#N)C(c3ccc(C)cc3)CC(=O)N2C1. The minimum absolute atomic E-state index is 0.0515. The number of anilines is 1. The number of thioether (sulfide) groups is 1. The summed E-state index contributed by atoms with van der Waals surface area (Å²) in [5.74, 6) is 1.35. The maximum Gasteiger partial charge on any atom is 0.229 e. The Morgan fingerprint density at radius 2 is 1.97 bits per heavy atom. The number of aryl methyl sites for hydroxylation is 1. The fraction of sp³-hybridized carbons (Fsp3) is 0.304. The van der Waals surface area contributed by atoms with Crippen LogP contribution in [0.1, 0.15) is 30.4 Å². The summed E-state index contributed by atoms with van der Waals surface area (Å²) in [6.45, 7) is 5.01. The summed E-state index contributed by atoms with van der Waals surface area (Å²) in [6.07, 6.45) is 0.316. The highest BCUT2D eigenvalue weighted by Crippen LogP contribution is 2.44. The van der Waals surface area contributed by atoms with E-state index in [1.807, 2.05) is 62.4 Å². The summed E-state index contributed by atoms with van der Waals surface area (Å²) >= 11 is 1.55. The molecule has 2 aromatic rings. The summed E-state index contributed by atoms with van der Waals surface area (Å²) in [5.41, 5.74) is 3.85. The number of carbonyl (C=O) groups excluding carboxylic acids is 1. The zero-order chi connectivity index (χ0) is 20.4. The van der Waals surface area contributed by atoms with Crippen molar-refractivity contribution in [2.75, 3.05) is 24.1 Å². The van der Waals surface area contributed by atoms with Gasteiger partial charge in [-0.2, -0.15) is 5.26 Å². The van der Waals surface area contributed by atoms with E-state index in [1.54, 1.807) is 16.7 Å². The Kier molecular flexibility index (Phi) is 5.50. The van der Waals surface area contributed by atoms with Crippen LogP contribution in [-0.4, -0.2) is 30.0 Å². The quantitative estimate of drug-likeness (QED) is 0.743. The van der Waals surface area contributed by atoms with Crippen LogP contribution in [0.5, 0.6) is 5.75 Å². The van der Waals surface area contributed by atoms with Gasteiger partial charge in [0.1, 0.15) is 5.75 Å². The molecule has 2 heterocycles. The second kappa shape index (κ2) is 8.22. The summed E-state index contributed by atoms with van der Waals surface area (Å²) in [4.78, 5) is 16.9. The first kappa shape index (κ1) is 19.4. The molecule has 0 aliphatic carbocycles. The second-order valence-electron chi connectivity index (χ2n) is 7.18. The van der Waals surface area contributed by atoms with Crippen molar-refractivity contribution in [1.82, 2.24) is 4.90 Å². The lowest BCUT2D eigenvalue weighted by atomic mass is 9.86. The molecule has 1 saturated heterocycles. The summed E-state index contributed by atoms with van der Waals surface area (Å²) in [6, 6.07) is 18.4. The number of nitriles is 1. The fourth-order valence-electron chi connectivity index (χ4n) is 3.79. The van der Waals surface area contributed by atoms with Gasteiger partial charge < -0.3 is 9.64 Å². The third-order valence-electron chi connectivity index (χ3n) is 5.28. The van der Waals surface area contributed by atoms with Crippen molar-refractivity contribution in [2.24, 2.45) is 0 Å². The van der Waals surface area contributed by atoms with Gasteiger partial charge in [-0.25, -0.2) is 0 Å². The van der Waals surface area contributed by atoms with E-state index in [4.69, 9.17) is 4.74 Å². The number of allylic oxidation sites excluding steroid dienone is 1. The number of nitrogens with zero attached hydrogens (tertiary/aromatic N) is 3. The van der Waals surface area contributed by atoms with E-state index in [-0.39, 0.29) is 11.8 Å². The summed E-state index contributed by atoms with van der Waals surface area (Å²) in [7, 11) is 0. The minimum Gasteiger partial charge on any atom is -0.492 e. The van der Waals surface area contributed by atoms with E-state index in [9.17, 15) is 10.1 Å². The van der Waals surface area contributed by atoms with E-state index in [1.165, 1.54) is 5.56 Å². The van der Waals surface area contributed by atoms with Crippen LogP contribution in [0, 0.1) is 18.3 Å². The lowest BCUT2D eigenvalue weighted by Gasteiger charge is -2.42. The maximum absolute atomic E-state index is 13.0.